The van der Waals surface area contributed by atoms with Crippen LogP contribution in [0.2, 0.25) is 0 Å². The number of rotatable bonds is 8. The van der Waals surface area contributed by atoms with Gasteiger partial charge in [-0.15, -0.1) is 0 Å². The fourth-order valence-corrected chi connectivity index (χ4v) is 1.64. The molecular formula is C15H23NO3. The average molecular weight is 265 g/mol. The van der Waals surface area contributed by atoms with E-state index in [1.807, 2.05) is 31.2 Å². The third-order valence-corrected chi connectivity index (χ3v) is 2.69. The van der Waals surface area contributed by atoms with Gasteiger partial charge >= 0.3 is 0 Å². The molecule has 0 saturated heterocycles. The Hall–Kier alpha value is -1.55. The van der Waals surface area contributed by atoms with E-state index < -0.39 is 0 Å². The summed E-state index contributed by atoms with van der Waals surface area (Å²) < 4.78 is 5.56. The van der Waals surface area contributed by atoms with Gasteiger partial charge in [0.2, 0.25) is 5.91 Å². The summed E-state index contributed by atoms with van der Waals surface area (Å²) in [6, 6.07) is 7.86. The van der Waals surface area contributed by atoms with Gasteiger partial charge in [0.15, 0.2) is 0 Å². The van der Waals surface area contributed by atoms with Crippen molar-refractivity contribution in [2.45, 2.75) is 39.2 Å². The van der Waals surface area contributed by atoms with Gasteiger partial charge in [-0.2, -0.15) is 0 Å². The molecule has 0 aliphatic carbocycles. The van der Waals surface area contributed by atoms with Gasteiger partial charge in [-0.1, -0.05) is 12.1 Å². The topological polar surface area (TPSA) is 58.6 Å². The molecule has 4 heteroatoms. The summed E-state index contributed by atoms with van der Waals surface area (Å²) in [5, 5.41) is 11.8. The first-order valence-corrected chi connectivity index (χ1v) is 6.72. The Balaban J connectivity index is 2.08. The van der Waals surface area contributed by atoms with E-state index in [1.165, 1.54) is 0 Å². The van der Waals surface area contributed by atoms with E-state index in [-0.39, 0.29) is 12.0 Å². The van der Waals surface area contributed by atoms with Crippen LogP contribution in [0.15, 0.2) is 24.3 Å². The third kappa shape index (κ3) is 7.47. The normalized spacial score (nSPS) is 11.9. The van der Waals surface area contributed by atoms with Crippen LogP contribution in [0.1, 0.15) is 31.7 Å². The minimum atomic E-state index is -0.370. The van der Waals surface area contributed by atoms with Gasteiger partial charge in [0.25, 0.3) is 0 Å². The highest BCUT2D eigenvalue weighted by Crippen LogP contribution is 2.12. The Morgan fingerprint density at radius 2 is 2.26 bits per heavy atom. The van der Waals surface area contributed by atoms with Gasteiger partial charge in [-0.3, -0.25) is 4.79 Å². The third-order valence-electron chi connectivity index (χ3n) is 2.69. The zero-order valence-corrected chi connectivity index (χ0v) is 11.7. The van der Waals surface area contributed by atoms with Crippen molar-refractivity contribution in [1.82, 2.24) is 5.32 Å². The number of hydrogen-bond acceptors (Lipinski definition) is 3. The first-order valence-electron chi connectivity index (χ1n) is 6.72. The number of aliphatic hydroxyl groups excluding tert-OH is 1. The van der Waals surface area contributed by atoms with Crippen LogP contribution < -0.4 is 10.1 Å². The minimum Gasteiger partial charge on any atom is -0.494 e. The second-order valence-corrected chi connectivity index (χ2v) is 4.76. The molecule has 0 spiro atoms. The monoisotopic (exact) mass is 265 g/mol. The van der Waals surface area contributed by atoms with E-state index in [4.69, 9.17) is 9.84 Å². The molecule has 1 atom stereocenters. The summed E-state index contributed by atoms with van der Waals surface area (Å²) in [7, 11) is 0. The molecule has 1 rings (SSSR count). The number of hydrogen-bond donors (Lipinski definition) is 2. The van der Waals surface area contributed by atoms with Gasteiger partial charge < -0.3 is 15.2 Å². The predicted octanol–water partition coefficient (Wildman–Crippen LogP) is 2.04. The summed E-state index contributed by atoms with van der Waals surface area (Å²) >= 11 is 0. The van der Waals surface area contributed by atoms with Gasteiger partial charge in [-0.25, -0.2) is 0 Å². The molecule has 0 aromatic heterocycles. The molecule has 0 bridgehead atoms. The Kier molecular flexibility index (Phi) is 6.97. The molecule has 0 aliphatic heterocycles. The van der Waals surface area contributed by atoms with Crippen molar-refractivity contribution in [2.24, 2.45) is 0 Å². The van der Waals surface area contributed by atoms with E-state index >= 15 is 0 Å². The number of carbonyl (C=O) groups is 1. The summed E-state index contributed by atoms with van der Waals surface area (Å²) in [5.74, 6) is 0.850. The van der Waals surface area contributed by atoms with Crippen LogP contribution in [-0.4, -0.2) is 30.3 Å². The van der Waals surface area contributed by atoms with Crippen molar-refractivity contribution in [1.29, 1.82) is 0 Å². The summed E-state index contributed by atoms with van der Waals surface area (Å²) in [6.45, 7) is 4.78. The number of ether oxygens (including phenoxy) is 1. The highest BCUT2D eigenvalue weighted by Gasteiger charge is 2.02. The molecule has 1 amide bonds. The van der Waals surface area contributed by atoms with E-state index in [0.717, 1.165) is 11.3 Å². The molecule has 0 fully saturated rings. The lowest BCUT2D eigenvalue weighted by Gasteiger charge is -2.08. The Bertz CT molecular complexity index is 391. The maximum Gasteiger partial charge on any atom is 0.220 e. The van der Waals surface area contributed by atoms with E-state index in [9.17, 15) is 4.79 Å². The Morgan fingerprint density at radius 1 is 1.47 bits per heavy atom. The second-order valence-electron chi connectivity index (χ2n) is 4.76. The van der Waals surface area contributed by atoms with Gasteiger partial charge in [0, 0.05) is 13.0 Å². The lowest BCUT2D eigenvalue weighted by molar-refractivity contribution is -0.121. The Morgan fingerprint density at radius 3 is 2.95 bits per heavy atom. The van der Waals surface area contributed by atoms with Gasteiger partial charge in [0.1, 0.15) is 5.75 Å². The maximum absolute atomic E-state index is 11.4. The first kappa shape index (κ1) is 15.5. The SMILES string of the molecule is Cc1cccc(OCCCC(=O)NCCC(C)O)c1. The summed E-state index contributed by atoms with van der Waals surface area (Å²) in [5.41, 5.74) is 1.16. The second kappa shape index (κ2) is 8.53. The van der Waals surface area contributed by atoms with E-state index in [0.29, 0.717) is 32.4 Å². The van der Waals surface area contributed by atoms with Crippen LogP contribution in [0, 0.1) is 6.92 Å². The molecule has 1 unspecified atom stereocenters. The standard InChI is InChI=1S/C15H23NO3/c1-12-5-3-6-14(11-12)19-10-4-7-15(18)16-9-8-13(2)17/h3,5-6,11,13,17H,4,7-10H2,1-2H3,(H,16,18). The molecule has 0 radical (unpaired) electrons. The smallest absolute Gasteiger partial charge is 0.220 e. The molecule has 1 aromatic rings. The molecule has 106 valence electrons. The fraction of sp³-hybridized carbons (Fsp3) is 0.533. The Labute approximate surface area is 114 Å². The molecule has 0 aliphatic rings. The zero-order chi connectivity index (χ0) is 14.1. The van der Waals surface area contributed by atoms with Gasteiger partial charge in [-0.05, 0) is 44.4 Å². The molecule has 0 heterocycles. The fourth-order valence-electron chi connectivity index (χ4n) is 1.64. The lowest BCUT2D eigenvalue weighted by atomic mass is 10.2. The van der Waals surface area contributed by atoms with Crippen molar-refractivity contribution in [2.75, 3.05) is 13.2 Å². The molecule has 4 nitrogen and oxygen atoms in total. The number of carbonyl (C=O) groups excluding carboxylic acids is 1. The molecule has 2 N–H and O–H groups in total. The van der Waals surface area contributed by atoms with Crippen LogP contribution in [0.3, 0.4) is 0 Å². The van der Waals surface area contributed by atoms with Crippen molar-refractivity contribution in [3.8, 4) is 5.75 Å². The number of benzene rings is 1. The molecule has 19 heavy (non-hydrogen) atoms. The predicted molar refractivity (Wildman–Crippen MR) is 75.2 cm³/mol. The van der Waals surface area contributed by atoms with Crippen LogP contribution in [0.4, 0.5) is 0 Å². The summed E-state index contributed by atoms with van der Waals surface area (Å²) in [4.78, 5) is 11.4. The number of nitrogens with one attached hydrogen (secondary N) is 1. The van der Waals surface area contributed by atoms with Crippen LogP contribution in [0.25, 0.3) is 0 Å². The van der Waals surface area contributed by atoms with Crippen molar-refractivity contribution in [3.05, 3.63) is 29.8 Å². The van der Waals surface area contributed by atoms with Crippen molar-refractivity contribution >= 4 is 5.91 Å². The maximum atomic E-state index is 11.4. The van der Waals surface area contributed by atoms with Crippen LogP contribution >= 0.6 is 0 Å². The van der Waals surface area contributed by atoms with Crippen molar-refractivity contribution < 1.29 is 14.6 Å². The highest BCUT2D eigenvalue weighted by molar-refractivity contribution is 5.75. The zero-order valence-electron chi connectivity index (χ0n) is 11.7. The van der Waals surface area contributed by atoms with Crippen LogP contribution in [-0.2, 0) is 4.79 Å². The summed E-state index contributed by atoms with van der Waals surface area (Å²) in [6.07, 6.45) is 1.36. The highest BCUT2D eigenvalue weighted by atomic mass is 16.5. The van der Waals surface area contributed by atoms with Gasteiger partial charge in [0.05, 0.1) is 12.7 Å². The first-order chi connectivity index (χ1) is 9.08. The number of aliphatic hydroxyl groups is 1. The average Bonchev–Trinajstić information content (AvgIpc) is 2.34. The lowest BCUT2D eigenvalue weighted by Crippen LogP contribution is -2.26. The van der Waals surface area contributed by atoms with E-state index in [1.54, 1.807) is 6.92 Å². The molecule has 0 saturated carbocycles. The quantitative estimate of drug-likeness (QED) is 0.707. The number of aryl methyl sites for hydroxylation is 1. The number of amides is 1. The van der Waals surface area contributed by atoms with Crippen LogP contribution in [0.5, 0.6) is 5.75 Å². The molecular weight excluding hydrogens is 242 g/mol. The van der Waals surface area contributed by atoms with E-state index in [2.05, 4.69) is 5.32 Å². The largest absolute Gasteiger partial charge is 0.494 e. The van der Waals surface area contributed by atoms with Crippen molar-refractivity contribution in [3.63, 3.8) is 0 Å². The minimum absolute atomic E-state index is 0.00786. The molecule has 1 aromatic carbocycles.